The van der Waals surface area contributed by atoms with Gasteiger partial charge in [0.2, 0.25) is 0 Å². The van der Waals surface area contributed by atoms with E-state index in [1.807, 2.05) is 0 Å². The van der Waals surface area contributed by atoms with Gasteiger partial charge in [0.05, 0.1) is 0 Å². The molecule has 0 fully saturated rings. The minimum absolute atomic E-state index is 0.108. The molecule has 1 unspecified atom stereocenters. The Labute approximate surface area is 442 Å². The van der Waals surface area contributed by atoms with Crippen LogP contribution in [0.15, 0.2) is 146 Å². The first-order valence-electron chi connectivity index (χ1n) is 28.8. The van der Waals surface area contributed by atoms with Crippen molar-refractivity contribution in [2.75, 3.05) is 13.2 Å². The third kappa shape index (κ3) is 56.2. The van der Waals surface area contributed by atoms with E-state index >= 15 is 0 Å². The van der Waals surface area contributed by atoms with E-state index in [1.165, 1.54) is 57.8 Å². The molecule has 0 aliphatic heterocycles. The zero-order valence-electron chi connectivity index (χ0n) is 46.1. The van der Waals surface area contributed by atoms with E-state index in [4.69, 9.17) is 14.2 Å². The van der Waals surface area contributed by atoms with Crippen LogP contribution in [-0.2, 0) is 28.6 Å². The third-order valence-corrected chi connectivity index (χ3v) is 11.6. The van der Waals surface area contributed by atoms with Gasteiger partial charge in [-0.1, -0.05) is 244 Å². The summed E-state index contributed by atoms with van der Waals surface area (Å²) >= 11 is 0. The average Bonchev–Trinajstić information content (AvgIpc) is 3.38. The fraction of sp³-hybridized carbons (Fsp3) is 0.591. The quantitative estimate of drug-likeness (QED) is 0.0261. The van der Waals surface area contributed by atoms with E-state index in [-0.39, 0.29) is 37.5 Å². The van der Waals surface area contributed by atoms with Gasteiger partial charge in [0.15, 0.2) is 6.10 Å². The highest BCUT2D eigenvalue weighted by molar-refractivity contribution is 5.71. The monoisotopic (exact) mass is 993 g/mol. The van der Waals surface area contributed by atoms with Crippen LogP contribution in [0.5, 0.6) is 0 Å². The van der Waals surface area contributed by atoms with Crippen molar-refractivity contribution in [3.05, 3.63) is 146 Å². The molecular weight excluding hydrogens is 889 g/mol. The number of rotatable bonds is 50. The van der Waals surface area contributed by atoms with Crippen molar-refractivity contribution in [3.8, 4) is 0 Å². The molecule has 0 spiro atoms. The second-order valence-corrected chi connectivity index (χ2v) is 18.4. The van der Waals surface area contributed by atoms with Crippen molar-refractivity contribution >= 4 is 17.9 Å². The first-order chi connectivity index (χ1) is 35.5. The van der Waals surface area contributed by atoms with Gasteiger partial charge in [-0.05, 0) is 116 Å². The van der Waals surface area contributed by atoms with E-state index in [0.29, 0.717) is 19.3 Å². The van der Waals surface area contributed by atoms with Gasteiger partial charge in [0.25, 0.3) is 0 Å². The summed E-state index contributed by atoms with van der Waals surface area (Å²) in [6.07, 6.45) is 84.3. The molecule has 72 heavy (non-hydrogen) atoms. The lowest BCUT2D eigenvalue weighted by atomic mass is 10.1. The number of hydrogen-bond acceptors (Lipinski definition) is 6. The molecule has 0 amide bonds. The molecule has 6 nitrogen and oxygen atoms in total. The molecule has 0 aromatic carbocycles. The molecule has 1 atom stereocenters. The average molecular weight is 994 g/mol. The van der Waals surface area contributed by atoms with Crippen molar-refractivity contribution in [2.24, 2.45) is 0 Å². The molecule has 0 aromatic rings. The maximum absolute atomic E-state index is 12.8. The van der Waals surface area contributed by atoms with Gasteiger partial charge in [-0.3, -0.25) is 14.4 Å². The predicted octanol–water partition coefficient (Wildman–Crippen LogP) is 19.6. The number of allylic oxidation sites excluding steroid dienone is 24. The molecule has 0 aromatic heterocycles. The van der Waals surface area contributed by atoms with E-state index in [0.717, 1.165) is 128 Å². The van der Waals surface area contributed by atoms with Gasteiger partial charge in [-0.15, -0.1) is 0 Å². The predicted molar refractivity (Wildman–Crippen MR) is 311 cm³/mol. The third-order valence-electron chi connectivity index (χ3n) is 11.6. The summed E-state index contributed by atoms with van der Waals surface area (Å²) in [4.78, 5) is 38.0. The van der Waals surface area contributed by atoms with Gasteiger partial charge in [-0.25, -0.2) is 0 Å². The maximum atomic E-state index is 12.8. The lowest BCUT2D eigenvalue weighted by Crippen LogP contribution is -2.30. The van der Waals surface area contributed by atoms with Crippen LogP contribution in [0.25, 0.3) is 0 Å². The van der Waals surface area contributed by atoms with Crippen LogP contribution in [0.3, 0.4) is 0 Å². The number of carbonyl (C=O) groups is 3. The van der Waals surface area contributed by atoms with E-state index in [1.54, 1.807) is 0 Å². The van der Waals surface area contributed by atoms with Crippen LogP contribution in [-0.4, -0.2) is 37.2 Å². The first kappa shape index (κ1) is 67.3. The molecular formula is C66H104O6. The van der Waals surface area contributed by atoms with Crippen LogP contribution >= 0.6 is 0 Å². The van der Waals surface area contributed by atoms with E-state index < -0.39 is 6.10 Å². The molecule has 0 aliphatic carbocycles. The minimum Gasteiger partial charge on any atom is -0.462 e. The number of carbonyl (C=O) groups excluding carboxylic acids is 3. The molecule has 0 bridgehead atoms. The zero-order valence-corrected chi connectivity index (χ0v) is 46.1. The number of hydrogen-bond donors (Lipinski definition) is 0. The summed E-state index contributed by atoms with van der Waals surface area (Å²) < 4.78 is 16.7. The van der Waals surface area contributed by atoms with Crippen molar-refractivity contribution in [1.29, 1.82) is 0 Å². The highest BCUT2D eigenvalue weighted by atomic mass is 16.6. The fourth-order valence-electron chi connectivity index (χ4n) is 7.34. The molecule has 0 radical (unpaired) electrons. The molecule has 0 saturated carbocycles. The number of ether oxygens (including phenoxy) is 3. The topological polar surface area (TPSA) is 78.9 Å². The summed E-state index contributed by atoms with van der Waals surface area (Å²) in [7, 11) is 0. The largest absolute Gasteiger partial charge is 0.462 e. The van der Waals surface area contributed by atoms with Crippen molar-refractivity contribution in [2.45, 2.75) is 239 Å². The van der Waals surface area contributed by atoms with Crippen molar-refractivity contribution in [3.63, 3.8) is 0 Å². The Kier molecular flexibility index (Phi) is 55.0. The molecule has 6 heteroatoms. The first-order valence-corrected chi connectivity index (χ1v) is 28.8. The van der Waals surface area contributed by atoms with Gasteiger partial charge in [-0.2, -0.15) is 0 Å². The zero-order chi connectivity index (χ0) is 52.2. The van der Waals surface area contributed by atoms with Gasteiger partial charge < -0.3 is 14.2 Å². The Hall–Kier alpha value is -4.71. The second-order valence-electron chi connectivity index (χ2n) is 18.4. The van der Waals surface area contributed by atoms with Crippen LogP contribution < -0.4 is 0 Å². The molecule has 0 heterocycles. The fourth-order valence-corrected chi connectivity index (χ4v) is 7.34. The normalized spacial score (nSPS) is 13.2. The second kappa shape index (κ2) is 58.9. The standard InChI is InChI=1S/C66H104O6/c1-4-7-10-13-16-19-21-23-25-27-28-29-30-31-32-33-34-35-36-37-38-40-41-43-45-47-50-53-56-59-65(68)71-62-63(61-70-64(67)58-55-52-49-18-15-12-9-6-3)72-66(69)60-57-54-51-48-46-44-42-39-26-24-22-20-17-14-11-8-5-2/h7-8,10-11,16-17,19-20,23-26,28-29,31-32,34-35,37-38,42,44,48,51,63H,4-6,9,12-15,18,21-22,27,30,33,36,39-41,43,45-47,49-50,52-62H2,1-3H3/b10-7-,11-8-,19-16-,20-17-,25-23-,26-24-,29-28-,32-31-,35-34-,38-37-,44-42-,51-48-. The molecule has 0 rings (SSSR count). The lowest BCUT2D eigenvalue weighted by Gasteiger charge is -2.18. The van der Waals surface area contributed by atoms with E-state index in [2.05, 4.69) is 167 Å². The highest BCUT2D eigenvalue weighted by Crippen LogP contribution is 2.13. The maximum Gasteiger partial charge on any atom is 0.306 e. The lowest BCUT2D eigenvalue weighted by molar-refractivity contribution is -0.167. The van der Waals surface area contributed by atoms with Crippen LogP contribution in [0.1, 0.15) is 233 Å². The summed E-state index contributed by atoms with van der Waals surface area (Å²) in [6, 6.07) is 0. The number of unbranched alkanes of at least 4 members (excludes halogenated alkanes) is 15. The molecule has 0 aliphatic rings. The summed E-state index contributed by atoms with van der Waals surface area (Å²) in [5, 5.41) is 0. The Morgan fingerprint density at radius 1 is 0.292 bits per heavy atom. The molecule has 404 valence electrons. The minimum atomic E-state index is -0.816. The Bertz CT molecular complexity index is 1610. The van der Waals surface area contributed by atoms with Gasteiger partial charge in [0, 0.05) is 19.3 Å². The van der Waals surface area contributed by atoms with Crippen LogP contribution in [0, 0.1) is 0 Å². The Morgan fingerprint density at radius 2 is 0.556 bits per heavy atom. The van der Waals surface area contributed by atoms with Crippen molar-refractivity contribution in [1.82, 2.24) is 0 Å². The summed E-state index contributed by atoms with van der Waals surface area (Å²) in [5.74, 6) is -0.991. The smallest absolute Gasteiger partial charge is 0.306 e. The Balaban J connectivity index is 4.32. The molecule has 0 saturated heterocycles. The van der Waals surface area contributed by atoms with Gasteiger partial charge >= 0.3 is 17.9 Å². The summed E-state index contributed by atoms with van der Waals surface area (Å²) in [6.45, 7) is 6.31. The van der Waals surface area contributed by atoms with Crippen LogP contribution in [0.2, 0.25) is 0 Å². The van der Waals surface area contributed by atoms with Gasteiger partial charge in [0.1, 0.15) is 13.2 Å². The Morgan fingerprint density at radius 3 is 0.889 bits per heavy atom. The number of esters is 3. The SMILES string of the molecule is CC/C=C\C/C=C\C/C=C\C/C=C\C/C=C\C/C=C\C/C=C\CCCCCCCCCC(=O)OCC(COC(=O)CCCCCCCCCC)OC(=O)CCC/C=C\C/C=C\C/C=C\C/C=C\C/C=C\CC. The highest BCUT2D eigenvalue weighted by Gasteiger charge is 2.19. The molecule has 0 N–H and O–H groups in total. The summed E-state index contributed by atoms with van der Waals surface area (Å²) in [5.41, 5.74) is 0. The van der Waals surface area contributed by atoms with Crippen molar-refractivity contribution < 1.29 is 28.6 Å². The van der Waals surface area contributed by atoms with E-state index in [9.17, 15) is 14.4 Å². The van der Waals surface area contributed by atoms with Crippen LogP contribution in [0.4, 0.5) is 0 Å².